The second kappa shape index (κ2) is 4.64. The number of nitrogens with zero attached hydrogens (tertiary/aromatic N) is 1. The standard InChI is InChI=1S/C14H17N3O/c1-8-5-6-9(2)12(7-8)14(18)15-13-10(3)11(4)16-17-13/h5-7H,1-4H3,(H2,15,16,17,18). The van der Waals surface area contributed by atoms with Crippen LogP contribution in [0.4, 0.5) is 5.82 Å². The van der Waals surface area contributed by atoms with Gasteiger partial charge >= 0.3 is 0 Å². The zero-order valence-corrected chi connectivity index (χ0v) is 11.1. The average molecular weight is 243 g/mol. The van der Waals surface area contributed by atoms with Gasteiger partial charge in [0.15, 0.2) is 5.82 Å². The number of rotatable bonds is 2. The molecule has 0 atom stereocenters. The van der Waals surface area contributed by atoms with E-state index in [0.29, 0.717) is 11.4 Å². The summed E-state index contributed by atoms with van der Waals surface area (Å²) in [6.45, 7) is 7.75. The van der Waals surface area contributed by atoms with E-state index in [0.717, 1.165) is 22.4 Å². The van der Waals surface area contributed by atoms with Gasteiger partial charge in [-0.05, 0) is 39.3 Å². The molecule has 0 aliphatic heterocycles. The molecule has 0 aliphatic rings. The summed E-state index contributed by atoms with van der Waals surface area (Å²) in [6, 6.07) is 5.84. The summed E-state index contributed by atoms with van der Waals surface area (Å²) < 4.78 is 0. The van der Waals surface area contributed by atoms with Crippen LogP contribution in [0.25, 0.3) is 0 Å². The van der Waals surface area contributed by atoms with Crippen molar-refractivity contribution in [2.24, 2.45) is 0 Å². The fraction of sp³-hybridized carbons (Fsp3) is 0.286. The number of H-pyrrole nitrogens is 1. The van der Waals surface area contributed by atoms with E-state index in [1.807, 2.05) is 45.9 Å². The molecule has 94 valence electrons. The number of aromatic amines is 1. The van der Waals surface area contributed by atoms with Crippen LogP contribution in [0.15, 0.2) is 18.2 Å². The van der Waals surface area contributed by atoms with E-state index in [9.17, 15) is 4.79 Å². The maximum absolute atomic E-state index is 12.2. The molecule has 0 fully saturated rings. The van der Waals surface area contributed by atoms with Gasteiger partial charge in [-0.25, -0.2) is 0 Å². The quantitative estimate of drug-likeness (QED) is 0.852. The van der Waals surface area contributed by atoms with E-state index in [-0.39, 0.29) is 5.91 Å². The van der Waals surface area contributed by atoms with Crippen LogP contribution in [0.5, 0.6) is 0 Å². The van der Waals surface area contributed by atoms with Crippen LogP contribution in [0, 0.1) is 27.7 Å². The summed E-state index contributed by atoms with van der Waals surface area (Å²) >= 11 is 0. The van der Waals surface area contributed by atoms with Crippen molar-refractivity contribution in [3.05, 3.63) is 46.1 Å². The van der Waals surface area contributed by atoms with Crippen LogP contribution in [0.3, 0.4) is 0 Å². The molecule has 0 saturated carbocycles. The molecule has 0 radical (unpaired) electrons. The molecule has 1 aromatic carbocycles. The Bertz CT molecular complexity index is 599. The van der Waals surface area contributed by atoms with Gasteiger partial charge in [-0.1, -0.05) is 17.7 Å². The van der Waals surface area contributed by atoms with Gasteiger partial charge in [-0.2, -0.15) is 5.10 Å². The molecule has 1 amide bonds. The Hall–Kier alpha value is -2.10. The van der Waals surface area contributed by atoms with E-state index in [1.54, 1.807) is 0 Å². The van der Waals surface area contributed by atoms with Crippen molar-refractivity contribution in [2.45, 2.75) is 27.7 Å². The molecule has 4 nitrogen and oxygen atoms in total. The van der Waals surface area contributed by atoms with Crippen molar-refractivity contribution >= 4 is 11.7 Å². The molecule has 2 rings (SSSR count). The SMILES string of the molecule is Cc1ccc(C)c(C(=O)Nc2n[nH]c(C)c2C)c1. The predicted molar refractivity (Wildman–Crippen MR) is 71.9 cm³/mol. The van der Waals surface area contributed by atoms with E-state index in [2.05, 4.69) is 15.5 Å². The van der Waals surface area contributed by atoms with Gasteiger partial charge in [0.25, 0.3) is 5.91 Å². The Labute approximate surface area is 106 Å². The number of nitrogens with one attached hydrogen (secondary N) is 2. The van der Waals surface area contributed by atoms with Gasteiger partial charge in [0.05, 0.1) is 0 Å². The first kappa shape index (κ1) is 12.4. The number of aryl methyl sites for hydroxylation is 3. The minimum atomic E-state index is -0.120. The van der Waals surface area contributed by atoms with Gasteiger partial charge in [-0.3, -0.25) is 9.89 Å². The van der Waals surface area contributed by atoms with Crippen LogP contribution >= 0.6 is 0 Å². The third-order valence-electron chi connectivity index (χ3n) is 3.12. The van der Waals surface area contributed by atoms with Gasteiger partial charge < -0.3 is 5.32 Å². The van der Waals surface area contributed by atoms with Crippen molar-refractivity contribution in [3.63, 3.8) is 0 Å². The van der Waals surface area contributed by atoms with Crippen LogP contribution < -0.4 is 5.32 Å². The van der Waals surface area contributed by atoms with Crippen LogP contribution in [0.1, 0.15) is 32.7 Å². The summed E-state index contributed by atoms with van der Waals surface area (Å²) in [6.07, 6.45) is 0. The topological polar surface area (TPSA) is 57.8 Å². The van der Waals surface area contributed by atoms with Gasteiger partial charge in [0.1, 0.15) is 0 Å². The largest absolute Gasteiger partial charge is 0.305 e. The van der Waals surface area contributed by atoms with E-state index in [1.165, 1.54) is 0 Å². The molecule has 0 saturated heterocycles. The van der Waals surface area contributed by atoms with Crippen LogP contribution in [-0.4, -0.2) is 16.1 Å². The fourth-order valence-electron chi connectivity index (χ4n) is 1.76. The molecule has 1 heterocycles. The average Bonchev–Trinajstić information content (AvgIpc) is 2.64. The lowest BCUT2D eigenvalue weighted by Gasteiger charge is -2.07. The summed E-state index contributed by atoms with van der Waals surface area (Å²) in [5, 5.41) is 9.77. The summed E-state index contributed by atoms with van der Waals surface area (Å²) in [4.78, 5) is 12.2. The predicted octanol–water partition coefficient (Wildman–Crippen LogP) is 2.90. The molecule has 4 heteroatoms. The van der Waals surface area contributed by atoms with Crippen molar-refractivity contribution in [1.29, 1.82) is 0 Å². The zero-order chi connectivity index (χ0) is 13.3. The number of hydrogen-bond acceptors (Lipinski definition) is 2. The minimum Gasteiger partial charge on any atom is -0.305 e. The lowest BCUT2D eigenvalue weighted by atomic mass is 10.1. The van der Waals surface area contributed by atoms with Gasteiger partial charge in [-0.15, -0.1) is 0 Å². The molecular formula is C14H17N3O. The Morgan fingerprint density at radius 1 is 1.22 bits per heavy atom. The fourth-order valence-corrected chi connectivity index (χ4v) is 1.76. The minimum absolute atomic E-state index is 0.120. The Morgan fingerprint density at radius 2 is 1.94 bits per heavy atom. The molecule has 1 aromatic heterocycles. The second-order valence-corrected chi connectivity index (χ2v) is 4.59. The van der Waals surface area contributed by atoms with E-state index < -0.39 is 0 Å². The number of carbonyl (C=O) groups is 1. The monoisotopic (exact) mass is 243 g/mol. The van der Waals surface area contributed by atoms with Crippen molar-refractivity contribution in [2.75, 3.05) is 5.32 Å². The zero-order valence-electron chi connectivity index (χ0n) is 11.1. The summed E-state index contributed by atoms with van der Waals surface area (Å²) in [5.41, 5.74) is 4.65. The third-order valence-corrected chi connectivity index (χ3v) is 3.12. The molecule has 0 unspecified atom stereocenters. The van der Waals surface area contributed by atoms with Crippen molar-refractivity contribution in [1.82, 2.24) is 10.2 Å². The smallest absolute Gasteiger partial charge is 0.257 e. The first-order chi connectivity index (χ1) is 8.49. The van der Waals surface area contributed by atoms with Gasteiger partial charge in [0.2, 0.25) is 0 Å². The van der Waals surface area contributed by atoms with E-state index in [4.69, 9.17) is 0 Å². The van der Waals surface area contributed by atoms with Crippen LogP contribution in [-0.2, 0) is 0 Å². The number of anilines is 1. The first-order valence-corrected chi connectivity index (χ1v) is 5.89. The normalized spacial score (nSPS) is 10.4. The highest BCUT2D eigenvalue weighted by Gasteiger charge is 2.13. The maximum Gasteiger partial charge on any atom is 0.257 e. The Kier molecular flexibility index (Phi) is 3.19. The third kappa shape index (κ3) is 2.27. The molecule has 0 spiro atoms. The van der Waals surface area contributed by atoms with Gasteiger partial charge in [0, 0.05) is 16.8 Å². The number of hydrogen-bond donors (Lipinski definition) is 2. The second-order valence-electron chi connectivity index (χ2n) is 4.59. The Balaban J connectivity index is 2.27. The molecular weight excluding hydrogens is 226 g/mol. The highest BCUT2D eigenvalue weighted by molar-refractivity contribution is 6.05. The number of carbonyl (C=O) groups excluding carboxylic acids is 1. The summed E-state index contributed by atoms with van der Waals surface area (Å²) in [5.74, 6) is 0.476. The summed E-state index contributed by atoms with van der Waals surface area (Å²) in [7, 11) is 0. The van der Waals surface area contributed by atoms with Crippen LogP contribution in [0.2, 0.25) is 0 Å². The maximum atomic E-state index is 12.2. The highest BCUT2D eigenvalue weighted by atomic mass is 16.1. The molecule has 0 bridgehead atoms. The number of benzene rings is 1. The molecule has 0 aliphatic carbocycles. The number of aromatic nitrogens is 2. The first-order valence-electron chi connectivity index (χ1n) is 5.89. The molecule has 18 heavy (non-hydrogen) atoms. The van der Waals surface area contributed by atoms with E-state index >= 15 is 0 Å². The molecule has 2 N–H and O–H groups in total. The van der Waals surface area contributed by atoms with Crippen molar-refractivity contribution in [3.8, 4) is 0 Å². The number of amides is 1. The highest BCUT2D eigenvalue weighted by Crippen LogP contribution is 2.17. The lowest BCUT2D eigenvalue weighted by molar-refractivity contribution is 0.102. The Morgan fingerprint density at radius 3 is 2.56 bits per heavy atom. The van der Waals surface area contributed by atoms with Crippen molar-refractivity contribution < 1.29 is 4.79 Å². The lowest BCUT2D eigenvalue weighted by Crippen LogP contribution is -2.14. The molecule has 2 aromatic rings.